The van der Waals surface area contributed by atoms with E-state index in [2.05, 4.69) is 0 Å². The maximum absolute atomic E-state index is 11.2. The molecule has 0 amide bonds. The number of aromatic hydroxyl groups is 1. The van der Waals surface area contributed by atoms with Crippen LogP contribution in [-0.4, -0.2) is 18.1 Å². The van der Waals surface area contributed by atoms with Crippen molar-refractivity contribution >= 4 is 44.9 Å². The van der Waals surface area contributed by atoms with Gasteiger partial charge in [-0.25, -0.2) is 0 Å². The van der Waals surface area contributed by atoms with Crippen LogP contribution in [0, 0.1) is 0 Å². The molecule has 2 rings (SSSR count). The summed E-state index contributed by atoms with van der Waals surface area (Å²) >= 11 is 17.8. The van der Waals surface area contributed by atoms with Gasteiger partial charge in [-0.15, -0.1) is 0 Å². The van der Waals surface area contributed by atoms with Crippen molar-refractivity contribution in [3.63, 3.8) is 0 Å². The molecule has 112 valence electrons. The summed E-state index contributed by atoms with van der Waals surface area (Å²) in [4.78, 5) is -0.559. The molecule has 0 fully saturated rings. The first-order valence-electron chi connectivity index (χ1n) is 5.62. The second-order valence-electron chi connectivity index (χ2n) is 4.25. The molecule has 2 aromatic rings. The highest BCUT2D eigenvalue weighted by Gasteiger charge is 2.19. The highest BCUT2D eigenvalue weighted by Crippen LogP contribution is 2.35. The molecule has 4 nitrogen and oxygen atoms in total. The van der Waals surface area contributed by atoms with Crippen molar-refractivity contribution in [2.45, 2.75) is 11.3 Å². The van der Waals surface area contributed by atoms with Gasteiger partial charge in [0.1, 0.15) is 10.6 Å². The van der Waals surface area contributed by atoms with Gasteiger partial charge in [-0.05, 0) is 23.3 Å². The van der Waals surface area contributed by atoms with E-state index in [1.54, 1.807) is 12.1 Å². The monoisotopic (exact) mass is 366 g/mol. The molecule has 0 aromatic heterocycles. The molecule has 8 heteroatoms. The zero-order valence-electron chi connectivity index (χ0n) is 10.3. The van der Waals surface area contributed by atoms with Crippen LogP contribution in [0.2, 0.25) is 15.1 Å². The van der Waals surface area contributed by atoms with Gasteiger partial charge >= 0.3 is 0 Å². The van der Waals surface area contributed by atoms with Gasteiger partial charge in [0.25, 0.3) is 10.1 Å². The Hall–Kier alpha value is -0.980. The first-order valence-corrected chi connectivity index (χ1v) is 8.20. The third-order valence-corrected chi connectivity index (χ3v) is 5.07. The first-order chi connectivity index (χ1) is 9.71. The van der Waals surface area contributed by atoms with E-state index in [0.29, 0.717) is 10.6 Å². The number of halogens is 3. The van der Waals surface area contributed by atoms with Crippen molar-refractivity contribution in [1.29, 1.82) is 0 Å². The lowest BCUT2D eigenvalue weighted by Crippen LogP contribution is -2.01. The van der Waals surface area contributed by atoms with Crippen molar-refractivity contribution in [2.75, 3.05) is 0 Å². The number of hydrogen-bond donors (Lipinski definition) is 2. The number of benzene rings is 2. The average Bonchev–Trinajstić information content (AvgIpc) is 2.40. The average molecular weight is 368 g/mol. The fourth-order valence-corrected chi connectivity index (χ4v) is 3.07. The molecule has 0 bridgehead atoms. The molecule has 0 radical (unpaired) electrons. The minimum atomic E-state index is -4.50. The van der Waals surface area contributed by atoms with Gasteiger partial charge in [0, 0.05) is 6.42 Å². The van der Waals surface area contributed by atoms with Crippen molar-refractivity contribution < 1.29 is 18.1 Å². The summed E-state index contributed by atoms with van der Waals surface area (Å²) in [6.07, 6.45) is 0.130. The normalized spacial score (nSPS) is 11.6. The lowest BCUT2D eigenvalue weighted by molar-refractivity contribution is 0.439. The fourth-order valence-electron chi connectivity index (χ4n) is 1.83. The van der Waals surface area contributed by atoms with Crippen LogP contribution in [0.15, 0.2) is 35.2 Å². The molecule has 0 atom stereocenters. The van der Waals surface area contributed by atoms with Gasteiger partial charge < -0.3 is 5.11 Å². The molecule has 2 N–H and O–H groups in total. The molecular weight excluding hydrogens is 359 g/mol. The molecule has 0 aliphatic rings. The second kappa shape index (κ2) is 6.02. The molecule has 2 aromatic carbocycles. The van der Waals surface area contributed by atoms with Crippen molar-refractivity contribution in [2.24, 2.45) is 0 Å². The summed E-state index contributed by atoms with van der Waals surface area (Å²) in [5, 5.41) is 10.7. The minimum absolute atomic E-state index is 0.130. The summed E-state index contributed by atoms with van der Waals surface area (Å²) in [6, 6.07) is 7.20. The van der Waals surface area contributed by atoms with E-state index in [1.807, 2.05) is 0 Å². The lowest BCUT2D eigenvalue weighted by atomic mass is 10.0. The van der Waals surface area contributed by atoms with E-state index in [-0.39, 0.29) is 22.0 Å². The molecule has 0 unspecified atom stereocenters. The van der Waals surface area contributed by atoms with Gasteiger partial charge in [-0.1, -0.05) is 53.0 Å². The second-order valence-corrected chi connectivity index (χ2v) is 6.80. The van der Waals surface area contributed by atoms with Crippen molar-refractivity contribution in [1.82, 2.24) is 0 Å². The predicted octanol–water partition coefficient (Wildman–Crippen LogP) is 4.19. The number of hydrogen-bond acceptors (Lipinski definition) is 3. The molecule has 0 aliphatic carbocycles. The van der Waals surface area contributed by atoms with Crippen LogP contribution in [0.5, 0.6) is 5.75 Å². The van der Waals surface area contributed by atoms with Crippen LogP contribution in [0.25, 0.3) is 0 Å². The van der Waals surface area contributed by atoms with Crippen LogP contribution in [-0.2, 0) is 16.5 Å². The van der Waals surface area contributed by atoms with E-state index in [4.69, 9.17) is 39.4 Å². The predicted molar refractivity (Wildman–Crippen MR) is 82.2 cm³/mol. The standard InChI is InChI=1S/C13H9Cl3O4S/c14-9-5-4-7(11(15)12(9)16)6-8-2-1-3-10(13(8)17)21(18,19)20/h1-5,17H,6H2,(H,18,19,20). The van der Waals surface area contributed by atoms with Gasteiger partial charge in [0.15, 0.2) is 0 Å². The SMILES string of the molecule is O=S(=O)(O)c1cccc(Cc2ccc(Cl)c(Cl)c2Cl)c1O. The smallest absolute Gasteiger partial charge is 0.298 e. The van der Waals surface area contributed by atoms with Gasteiger partial charge in [0.05, 0.1) is 15.1 Å². The van der Waals surface area contributed by atoms with E-state index >= 15 is 0 Å². The van der Waals surface area contributed by atoms with E-state index < -0.39 is 20.8 Å². The van der Waals surface area contributed by atoms with Crippen molar-refractivity contribution in [3.8, 4) is 5.75 Å². The maximum Gasteiger partial charge on any atom is 0.298 e. The van der Waals surface area contributed by atoms with Gasteiger partial charge in [-0.2, -0.15) is 8.42 Å². The summed E-state index contributed by atoms with van der Waals surface area (Å²) in [7, 11) is -4.50. The Morgan fingerprint density at radius 3 is 2.24 bits per heavy atom. The zero-order valence-corrected chi connectivity index (χ0v) is 13.4. The fraction of sp³-hybridized carbons (Fsp3) is 0.0769. The quantitative estimate of drug-likeness (QED) is 0.630. The van der Waals surface area contributed by atoms with Crippen LogP contribution >= 0.6 is 34.8 Å². The van der Waals surface area contributed by atoms with E-state index in [9.17, 15) is 13.5 Å². The summed E-state index contributed by atoms with van der Waals surface area (Å²) in [6.45, 7) is 0. The maximum atomic E-state index is 11.2. The Labute approximate surface area is 136 Å². The molecular formula is C13H9Cl3O4S. The zero-order chi connectivity index (χ0) is 15.8. The molecule has 0 saturated carbocycles. The molecule has 21 heavy (non-hydrogen) atoms. The largest absolute Gasteiger partial charge is 0.506 e. The van der Waals surface area contributed by atoms with E-state index in [1.165, 1.54) is 12.1 Å². The number of phenols is 1. The highest BCUT2D eigenvalue weighted by molar-refractivity contribution is 7.86. The summed E-state index contributed by atoms with van der Waals surface area (Å²) in [5.41, 5.74) is 0.847. The van der Waals surface area contributed by atoms with Crippen LogP contribution in [0.4, 0.5) is 0 Å². The molecule has 0 heterocycles. The molecule has 0 saturated heterocycles. The third-order valence-electron chi connectivity index (χ3n) is 2.86. The Balaban J connectivity index is 2.49. The van der Waals surface area contributed by atoms with Gasteiger partial charge in [0.2, 0.25) is 0 Å². The van der Waals surface area contributed by atoms with Crippen LogP contribution in [0.1, 0.15) is 11.1 Å². The van der Waals surface area contributed by atoms with Crippen molar-refractivity contribution in [3.05, 3.63) is 56.5 Å². The van der Waals surface area contributed by atoms with E-state index in [0.717, 1.165) is 6.07 Å². The van der Waals surface area contributed by atoms with Gasteiger partial charge in [-0.3, -0.25) is 4.55 Å². The number of para-hydroxylation sites is 1. The highest BCUT2D eigenvalue weighted by atomic mass is 35.5. The number of phenolic OH excluding ortho intramolecular Hbond substituents is 1. The Morgan fingerprint density at radius 2 is 1.62 bits per heavy atom. The van der Waals surface area contributed by atoms with Crippen LogP contribution < -0.4 is 0 Å². The summed E-state index contributed by atoms with van der Waals surface area (Å²) < 4.78 is 31.4. The lowest BCUT2D eigenvalue weighted by Gasteiger charge is -2.10. The minimum Gasteiger partial charge on any atom is -0.506 e. The Morgan fingerprint density at radius 1 is 0.952 bits per heavy atom. The van der Waals surface area contributed by atoms with Crippen LogP contribution in [0.3, 0.4) is 0 Å². The Kier molecular flexibility index (Phi) is 4.70. The number of rotatable bonds is 3. The molecule has 0 spiro atoms. The topological polar surface area (TPSA) is 74.6 Å². The summed E-state index contributed by atoms with van der Waals surface area (Å²) in [5.74, 6) is -0.526. The third kappa shape index (κ3) is 3.44. The first kappa shape index (κ1) is 16.4. The Bertz CT molecular complexity index is 803. The molecule has 0 aliphatic heterocycles.